The summed E-state index contributed by atoms with van der Waals surface area (Å²) in [4.78, 5) is 0. The van der Waals surface area contributed by atoms with Crippen molar-refractivity contribution in [2.24, 2.45) is 0 Å². The molecule has 0 amide bonds. The van der Waals surface area contributed by atoms with Crippen molar-refractivity contribution in [1.82, 2.24) is 15.4 Å². The fourth-order valence-corrected chi connectivity index (χ4v) is 2.40. The van der Waals surface area contributed by atoms with Crippen molar-refractivity contribution in [2.45, 2.75) is 0 Å². The van der Waals surface area contributed by atoms with Gasteiger partial charge < -0.3 is 4.52 Å². The Kier molecular flexibility index (Phi) is 2.68. The van der Waals surface area contributed by atoms with E-state index in [0.717, 1.165) is 16.6 Å². The van der Waals surface area contributed by atoms with Crippen LogP contribution in [0.25, 0.3) is 22.2 Å². The Morgan fingerprint density at radius 2 is 1.65 bits per heavy atom. The van der Waals surface area contributed by atoms with Crippen LogP contribution in [0.4, 0.5) is 0 Å². The quantitative estimate of drug-likeness (QED) is 0.666. The number of halogens is 2. The monoisotopic (exact) mass is 353 g/mol. The third kappa shape index (κ3) is 1.77. The largest absolute Gasteiger partial charge is 0.353 e. The van der Waals surface area contributed by atoms with Crippen molar-refractivity contribution in [1.29, 1.82) is 0 Å². The minimum Gasteiger partial charge on any atom is -0.353 e. The zero-order valence-electron chi connectivity index (χ0n) is 8.39. The molecule has 0 spiro atoms. The fraction of sp³-hybridized carbons (Fsp3) is 0. The van der Waals surface area contributed by atoms with Crippen LogP contribution >= 0.6 is 31.9 Å². The lowest BCUT2D eigenvalue weighted by atomic mass is 10.1. The summed E-state index contributed by atoms with van der Waals surface area (Å²) in [6.07, 6.45) is 0. The molecule has 0 aliphatic rings. The molecule has 2 aromatic heterocycles. The molecule has 0 saturated carbocycles. The average molecular weight is 355 g/mol. The molecule has 0 aliphatic carbocycles. The zero-order valence-corrected chi connectivity index (χ0v) is 11.6. The number of hydrogen-bond acceptors (Lipinski definition) is 4. The van der Waals surface area contributed by atoms with Gasteiger partial charge in [-0.2, -0.15) is 0 Å². The smallest absolute Gasteiger partial charge is 0.204 e. The maximum absolute atomic E-state index is 5.29. The molecular weight excluding hydrogens is 350 g/mol. The van der Waals surface area contributed by atoms with Gasteiger partial charge in [0, 0.05) is 5.56 Å². The Morgan fingerprint density at radius 1 is 0.941 bits per heavy atom. The van der Waals surface area contributed by atoms with Crippen LogP contribution in [0.3, 0.4) is 0 Å². The molecular formula is C11H5Br2N3O. The SMILES string of the molecule is Brc1nnc(Br)c2c(-c3ccccc3)noc12. The number of benzene rings is 1. The molecule has 0 radical (unpaired) electrons. The van der Waals surface area contributed by atoms with E-state index in [2.05, 4.69) is 47.2 Å². The highest BCUT2D eigenvalue weighted by atomic mass is 79.9. The lowest BCUT2D eigenvalue weighted by molar-refractivity contribution is 0.456. The van der Waals surface area contributed by atoms with E-state index in [0.29, 0.717) is 14.8 Å². The second kappa shape index (κ2) is 4.19. The van der Waals surface area contributed by atoms with E-state index >= 15 is 0 Å². The molecule has 4 nitrogen and oxygen atoms in total. The van der Waals surface area contributed by atoms with Gasteiger partial charge in [0.25, 0.3) is 0 Å². The second-order valence-corrected chi connectivity index (χ2v) is 4.89. The third-order valence-electron chi connectivity index (χ3n) is 2.36. The van der Waals surface area contributed by atoms with Crippen molar-refractivity contribution in [3.05, 3.63) is 39.5 Å². The zero-order chi connectivity index (χ0) is 11.8. The van der Waals surface area contributed by atoms with Crippen LogP contribution in [0.5, 0.6) is 0 Å². The minimum atomic E-state index is 0.547. The molecule has 3 aromatic rings. The molecule has 2 heterocycles. The van der Waals surface area contributed by atoms with Gasteiger partial charge in [-0.1, -0.05) is 35.5 Å². The molecule has 0 N–H and O–H groups in total. The van der Waals surface area contributed by atoms with Crippen LogP contribution in [0.15, 0.2) is 44.1 Å². The standard InChI is InChI=1S/C11H5Br2N3O/c12-10-7-8(6-4-2-1-3-5-6)16-17-9(7)11(13)15-14-10/h1-5H. The first-order valence-corrected chi connectivity index (χ1v) is 6.38. The maximum Gasteiger partial charge on any atom is 0.204 e. The Morgan fingerprint density at radius 3 is 2.41 bits per heavy atom. The summed E-state index contributed by atoms with van der Waals surface area (Å²) >= 11 is 6.65. The number of hydrogen-bond donors (Lipinski definition) is 0. The van der Waals surface area contributed by atoms with E-state index in [1.807, 2.05) is 30.3 Å². The molecule has 0 bridgehead atoms. The lowest BCUT2D eigenvalue weighted by Crippen LogP contribution is -1.86. The van der Waals surface area contributed by atoms with Gasteiger partial charge in [-0.25, -0.2) is 0 Å². The molecule has 17 heavy (non-hydrogen) atoms. The Labute approximate surface area is 113 Å². The normalized spacial score (nSPS) is 10.9. The first kappa shape index (κ1) is 10.9. The van der Waals surface area contributed by atoms with E-state index < -0.39 is 0 Å². The van der Waals surface area contributed by atoms with Crippen molar-refractivity contribution in [3.8, 4) is 11.3 Å². The van der Waals surface area contributed by atoms with Crippen LogP contribution in [-0.4, -0.2) is 15.4 Å². The van der Waals surface area contributed by atoms with Gasteiger partial charge in [-0.3, -0.25) is 0 Å². The Hall–Kier alpha value is -1.27. The first-order chi connectivity index (χ1) is 8.27. The molecule has 1 aromatic carbocycles. The van der Waals surface area contributed by atoms with Crippen molar-refractivity contribution >= 4 is 42.8 Å². The van der Waals surface area contributed by atoms with E-state index in [4.69, 9.17) is 4.52 Å². The Balaban J connectivity index is 2.36. The summed E-state index contributed by atoms with van der Waals surface area (Å²) in [6.45, 7) is 0. The van der Waals surface area contributed by atoms with Gasteiger partial charge in [0.2, 0.25) is 5.58 Å². The van der Waals surface area contributed by atoms with Gasteiger partial charge in [-0.05, 0) is 31.9 Å². The summed E-state index contributed by atoms with van der Waals surface area (Å²) < 4.78 is 6.45. The summed E-state index contributed by atoms with van der Waals surface area (Å²) in [5, 5.41) is 12.8. The molecule has 0 unspecified atom stereocenters. The summed E-state index contributed by atoms with van der Waals surface area (Å²) in [6, 6.07) is 9.80. The van der Waals surface area contributed by atoms with Gasteiger partial charge in [-0.15, -0.1) is 10.2 Å². The second-order valence-electron chi connectivity index (χ2n) is 3.38. The third-order valence-corrected chi connectivity index (χ3v) is 3.43. The molecule has 0 fully saturated rings. The summed E-state index contributed by atoms with van der Waals surface area (Å²) in [5.74, 6) is 0. The minimum absolute atomic E-state index is 0.547. The first-order valence-electron chi connectivity index (χ1n) is 4.80. The van der Waals surface area contributed by atoms with E-state index in [1.165, 1.54) is 0 Å². The molecule has 3 rings (SSSR count). The van der Waals surface area contributed by atoms with Crippen LogP contribution in [-0.2, 0) is 0 Å². The number of aromatic nitrogens is 3. The number of nitrogens with zero attached hydrogens (tertiary/aromatic N) is 3. The van der Waals surface area contributed by atoms with Crippen molar-refractivity contribution in [2.75, 3.05) is 0 Å². The highest BCUT2D eigenvalue weighted by Crippen LogP contribution is 2.34. The predicted octanol–water partition coefficient (Wildman–Crippen LogP) is 3.81. The lowest BCUT2D eigenvalue weighted by Gasteiger charge is -1.97. The number of fused-ring (bicyclic) bond motifs is 1. The predicted molar refractivity (Wildman–Crippen MR) is 70.4 cm³/mol. The Bertz CT molecular complexity index is 682. The van der Waals surface area contributed by atoms with E-state index in [1.54, 1.807) is 0 Å². The molecule has 0 aliphatic heterocycles. The summed E-state index contributed by atoms with van der Waals surface area (Å²) in [5.41, 5.74) is 2.32. The van der Waals surface area contributed by atoms with Crippen LogP contribution < -0.4 is 0 Å². The van der Waals surface area contributed by atoms with Crippen LogP contribution in [0.1, 0.15) is 0 Å². The highest BCUT2D eigenvalue weighted by Gasteiger charge is 2.17. The summed E-state index contributed by atoms with van der Waals surface area (Å²) in [7, 11) is 0. The molecule has 6 heteroatoms. The van der Waals surface area contributed by atoms with Gasteiger partial charge in [0.1, 0.15) is 10.3 Å². The van der Waals surface area contributed by atoms with Crippen LogP contribution in [0, 0.1) is 0 Å². The van der Waals surface area contributed by atoms with Gasteiger partial charge in [0.05, 0.1) is 5.39 Å². The maximum atomic E-state index is 5.29. The van der Waals surface area contributed by atoms with Crippen molar-refractivity contribution < 1.29 is 4.52 Å². The molecule has 0 saturated heterocycles. The molecule has 84 valence electrons. The van der Waals surface area contributed by atoms with E-state index in [9.17, 15) is 0 Å². The average Bonchev–Trinajstić information content (AvgIpc) is 2.81. The number of rotatable bonds is 1. The van der Waals surface area contributed by atoms with Gasteiger partial charge in [0.15, 0.2) is 4.60 Å². The van der Waals surface area contributed by atoms with Gasteiger partial charge >= 0.3 is 0 Å². The van der Waals surface area contributed by atoms with E-state index in [-0.39, 0.29) is 0 Å². The van der Waals surface area contributed by atoms with Crippen molar-refractivity contribution in [3.63, 3.8) is 0 Å². The molecule has 0 atom stereocenters. The fourth-order valence-electron chi connectivity index (χ4n) is 1.60. The topological polar surface area (TPSA) is 51.8 Å². The highest BCUT2D eigenvalue weighted by molar-refractivity contribution is 9.11. The van der Waals surface area contributed by atoms with Crippen LogP contribution in [0.2, 0.25) is 0 Å².